The smallest absolute Gasteiger partial charge is 0.244 e. The number of carbonyl (C=O) groups excluding carboxylic acids is 1. The second kappa shape index (κ2) is 6.68. The second-order valence-electron chi connectivity index (χ2n) is 4.80. The van der Waals surface area contributed by atoms with E-state index in [0.717, 1.165) is 19.3 Å². The minimum Gasteiger partial charge on any atom is -0.322 e. The van der Waals surface area contributed by atoms with Gasteiger partial charge in [-0.25, -0.2) is 4.39 Å². The first-order valence-corrected chi connectivity index (χ1v) is 6.86. The Bertz CT molecular complexity index is 464. The van der Waals surface area contributed by atoms with Crippen LogP contribution in [0.5, 0.6) is 0 Å². The Labute approximate surface area is 126 Å². The summed E-state index contributed by atoms with van der Waals surface area (Å²) in [5.74, 6) is -0.749. The Morgan fingerprint density at radius 3 is 2.53 bits per heavy atom. The molecule has 0 saturated heterocycles. The van der Waals surface area contributed by atoms with Gasteiger partial charge in [0.25, 0.3) is 0 Å². The van der Waals surface area contributed by atoms with Crippen molar-refractivity contribution >= 4 is 39.9 Å². The molecule has 1 amide bonds. The molecule has 1 aliphatic rings. The van der Waals surface area contributed by atoms with Crippen molar-refractivity contribution < 1.29 is 9.18 Å². The van der Waals surface area contributed by atoms with Crippen molar-refractivity contribution in [3.8, 4) is 0 Å². The Morgan fingerprint density at radius 1 is 1.32 bits per heavy atom. The molecule has 1 fully saturated rings. The van der Waals surface area contributed by atoms with E-state index in [1.54, 1.807) is 6.07 Å². The van der Waals surface area contributed by atoms with E-state index in [1.165, 1.54) is 12.1 Å². The number of rotatable bonds is 2. The molecule has 6 heteroatoms. The molecule has 0 spiro atoms. The molecule has 0 heterocycles. The third kappa shape index (κ3) is 3.91. The zero-order chi connectivity index (χ0) is 13.2. The number of benzene rings is 1. The first-order chi connectivity index (χ1) is 8.51. The van der Waals surface area contributed by atoms with Crippen molar-refractivity contribution in [2.75, 3.05) is 5.32 Å². The molecule has 1 saturated carbocycles. The highest BCUT2D eigenvalue weighted by Crippen LogP contribution is 2.28. The number of anilines is 1. The maximum absolute atomic E-state index is 13.6. The SMILES string of the molecule is Cl.NC1(C(=O)Nc2ccc(Br)cc2F)CCCCC1. The number of hydrogen-bond donors (Lipinski definition) is 2. The van der Waals surface area contributed by atoms with Gasteiger partial charge < -0.3 is 11.1 Å². The predicted molar refractivity (Wildman–Crippen MR) is 80.0 cm³/mol. The summed E-state index contributed by atoms with van der Waals surface area (Å²) < 4.78 is 14.3. The zero-order valence-electron chi connectivity index (χ0n) is 10.4. The Morgan fingerprint density at radius 2 is 1.95 bits per heavy atom. The molecule has 0 aliphatic heterocycles. The van der Waals surface area contributed by atoms with Crippen LogP contribution in [0.25, 0.3) is 0 Å². The number of nitrogens with one attached hydrogen (secondary N) is 1. The van der Waals surface area contributed by atoms with Gasteiger partial charge in [0, 0.05) is 4.47 Å². The number of nitrogens with two attached hydrogens (primary N) is 1. The molecule has 3 nitrogen and oxygen atoms in total. The summed E-state index contributed by atoms with van der Waals surface area (Å²) in [6.07, 6.45) is 4.34. The molecule has 3 N–H and O–H groups in total. The van der Waals surface area contributed by atoms with Crippen molar-refractivity contribution in [2.45, 2.75) is 37.6 Å². The van der Waals surface area contributed by atoms with E-state index in [-0.39, 0.29) is 24.0 Å². The first kappa shape index (κ1) is 16.4. The van der Waals surface area contributed by atoms with Crippen molar-refractivity contribution in [1.29, 1.82) is 0 Å². The summed E-state index contributed by atoms with van der Waals surface area (Å²) in [4.78, 5) is 12.1. The molecular formula is C13H17BrClFN2O. The van der Waals surface area contributed by atoms with Crippen molar-refractivity contribution in [3.05, 3.63) is 28.5 Å². The average molecular weight is 352 g/mol. The maximum Gasteiger partial charge on any atom is 0.244 e. The number of amides is 1. The molecule has 0 bridgehead atoms. The number of hydrogen-bond acceptors (Lipinski definition) is 2. The van der Waals surface area contributed by atoms with E-state index in [2.05, 4.69) is 21.2 Å². The fourth-order valence-electron chi connectivity index (χ4n) is 2.25. The van der Waals surface area contributed by atoms with Gasteiger partial charge in [-0.05, 0) is 31.0 Å². The van der Waals surface area contributed by atoms with Crippen LogP contribution in [0.15, 0.2) is 22.7 Å². The summed E-state index contributed by atoms with van der Waals surface area (Å²) in [6, 6.07) is 4.53. The third-order valence-corrected chi connectivity index (χ3v) is 3.87. The molecule has 0 atom stereocenters. The van der Waals surface area contributed by atoms with Gasteiger partial charge in [0.2, 0.25) is 5.91 Å². The lowest BCUT2D eigenvalue weighted by Crippen LogP contribution is -2.52. The van der Waals surface area contributed by atoms with Gasteiger partial charge >= 0.3 is 0 Å². The Kier molecular flexibility index (Phi) is 5.77. The molecule has 106 valence electrons. The Balaban J connectivity index is 0.00000180. The molecule has 1 aromatic carbocycles. The van der Waals surface area contributed by atoms with Crippen LogP contribution in [0.3, 0.4) is 0 Å². The van der Waals surface area contributed by atoms with Gasteiger partial charge in [0.05, 0.1) is 11.2 Å². The summed E-state index contributed by atoms with van der Waals surface area (Å²) in [5, 5.41) is 2.59. The summed E-state index contributed by atoms with van der Waals surface area (Å²) in [5.41, 5.74) is 5.42. The van der Waals surface area contributed by atoms with Crippen LogP contribution < -0.4 is 11.1 Å². The molecule has 1 aliphatic carbocycles. The van der Waals surface area contributed by atoms with Gasteiger partial charge in [0.15, 0.2) is 0 Å². The molecular weight excluding hydrogens is 335 g/mol. The van der Waals surface area contributed by atoms with Crippen LogP contribution in [-0.2, 0) is 4.79 Å². The van der Waals surface area contributed by atoms with Gasteiger partial charge in [-0.2, -0.15) is 0 Å². The molecule has 1 aromatic rings. The molecule has 0 unspecified atom stereocenters. The van der Waals surface area contributed by atoms with Crippen molar-refractivity contribution in [3.63, 3.8) is 0 Å². The van der Waals surface area contributed by atoms with E-state index in [1.807, 2.05) is 0 Å². The van der Waals surface area contributed by atoms with E-state index in [9.17, 15) is 9.18 Å². The predicted octanol–water partition coefficient (Wildman–Crippen LogP) is 3.61. The van der Waals surface area contributed by atoms with Crippen LogP contribution in [0, 0.1) is 5.82 Å². The lowest BCUT2D eigenvalue weighted by Gasteiger charge is -2.31. The van der Waals surface area contributed by atoms with Gasteiger partial charge in [-0.1, -0.05) is 35.2 Å². The standard InChI is InChI=1S/C13H16BrFN2O.ClH/c14-9-4-5-11(10(15)8-9)17-12(18)13(16)6-2-1-3-7-13;/h4-5,8H,1-3,6-7,16H2,(H,17,18);1H. The minimum atomic E-state index is -0.849. The van der Waals surface area contributed by atoms with Crippen molar-refractivity contribution in [2.24, 2.45) is 5.73 Å². The van der Waals surface area contributed by atoms with Gasteiger partial charge in [-0.15, -0.1) is 12.4 Å². The lowest BCUT2D eigenvalue weighted by molar-refractivity contribution is -0.122. The second-order valence-corrected chi connectivity index (χ2v) is 5.71. The van der Waals surface area contributed by atoms with Crippen LogP contribution in [-0.4, -0.2) is 11.4 Å². The van der Waals surface area contributed by atoms with E-state index < -0.39 is 11.4 Å². The monoisotopic (exact) mass is 350 g/mol. The maximum atomic E-state index is 13.6. The zero-order valence-corrected chi connectivity index (χ0v) is 12.8. The summed E-state index contributed by atoms with van der Waals surface area (Å²) in [7, 11) is 0. The normalized spacial score (nSPS) is 17.4. The fourth-order valence-corrected chi connectivity index (χ4v) is 2.58. The summed E-state index contributed by atoms with van der Waals surface area (Å²) >= 11 is 3.17. The van der Waals surface area contributed by atoms with Gasteiger partial charge in [0.1, 0.15) is 5.82 Å². The largest absolute Gasteiger partial charge is 0.322 e. The molecule has 19 heavy (non-hydrogen) atoms. The summed E-state index contributed by atoms with van der Waals surface area (Å²) in [6.45, 7) is 0. The van der Waals surface area contributed by atoms with Crippen LogP contribution in [0.1, 0.15) is 32.1 Å². The number of carbonyl (C=O) groups is 1. The topological polar surface area (TPSA) is 55.1 Å². The molecule has 0 radical (unpaired) electrons. The number of halogens is 3. The van der Waals surface area contributed by atoms with E-state index in [4.69, 9.17) is 5.73 Å². The molecule has 2 rings (SSSR count). The van der Waals surface area contributed by atoms with E-state index >= 15 is 0 Å². The highest BCUT2D eigenvalue weighted by Gasteiger charge is 2.35. The fraction of sp³-hybridized carbons (Fsp3) is 0.462. The average Bonchev–Trinajstić information content (AvgIpc) is 2.33. The molecule has 0 aromatic heterocycles. The quantitative estimate of drug-likeness (QED) is 0.855. The Hall–Kier alpha value is -0.650. The lowest BCUT2D eigenvalue weighted by atomic mass is 9.82. The van der Waals surface area contributed by atoms with Crippen molar-refractivity contribution in [1.82, 2.24) is 0 Å². The van der Waals surface area contributed by atoms with E-state index in [0.29, 0.717) is 17.3 Å². The van der Waals surface area contributed by atoms with Gasteiger partial charge in [-0.3, -0.25) is 4.79 Å². The van der Waals surface area contributed by atoms with Crippen LogP contribution in [0.2, 0.25) is 0 Å². The highest BCUT2D eigenvalue weighted by atomic mass is 79.9. The van der Waals surface area contributed by atoms with Crippen LogP contribution >= 0.6 is 28.3 Å². The van der Waals surface area contributed by atoms with Crippen LogP contribution in [0.4, 0.5) is 10.1 Å². The highest BCUT2D eigenvalue weighted by molar-refractivity contribution is 9.10. The third-order valence-electron chi connectivity index (χ3n) is 3.38. The first-order valence-electron chi connectivity index (χ1n) is 6.07. The minimum absolute atomic E-state index is 0.